The Morgan fingerprint density at radius 3 is 2.76 bits per heavy atom. The highest BCUT2D eigenvalue weighted by Crippen LogP contribution is 2.23. The predicted molar refractivity (Wildman–Crippen MR) is 76.6 cm³/mol. The van der Waals surface area contributed by atoms with Crippen molar-refractivity contribution in [1.29, 1.82) is 0 Å². The maximum absolute atomic E-state index is 12.7. The molecule has 0 bridgehead atoms. The van der Waals surface area contributed by atoms with Gasteiger partial charge in [0.15, 0.2) is 0 Å². The van der Waals surface area contributed by atoms with Gasteiger partial charge in [0.25, 0.3) is 5.91 Å². The van der Waals surface area contributed by atoms with Crippen molar-refractivity contribution in [2.45, 2.75) is 13.0 Å². The number of hydrogen-bond donors (Lipinski definition) is 1. The Balaban J connectivity index is 2.04. The Morgan fingerprint density at radius 2 is 2.00 bits per heavy atom. The molecule has 1 aliphatic rings. The van der Waals surface area contributed by atoms with E-state index in [9.17, 15) is 14.4 Å². The summed E-state index contributed by atoms with van der Waals surface area (Å²) in [4.78, 5) is 37.2. The molecule has 0 radical (unpaired) electrons. The van der Waals surface area contributed by atoms with Crippen LogP contribution in [0.15, 0.2) is 30.5 Å². The Labute approximate surface area is 121 Å². The number of amides is 3. The number of fused-ring (bicyclic) bond motifs is 1. The van der Waals surface area contributed by atoms with E-state index in [4.69, 9.17) is 0 Å². The third-order valence-corrected chi connectivity index (χ3v) is 3.81. The molecular weight excluding hydrogens is 270 g/mol. The summed E-state index contributed by atoms with van der Waals surface area (Å²) in [5.41, 5.74) is 1.43. The van der Waals surface area contributed by atoms with Gasteiger partial charge in [0.1, 0.15) is 12.6 Å². The number of benzene rings is 1. The number of imide groups is 1. The Morgan fingerprint density at radius 1 is 1.29 bits per heavy atom. The largest absolute Gasteiger partial charge is 0.350 e. The molecule has 108 valence electrons. The average Bonchev–Trinajstić information content (AvgIpc) is 2.80. The van der Waals surface area contributed by atoms with Crippen molar-refractivity contribution in [2.75, 3.05) is 6.54 Å². The highest BCUT2D eigenvalue weighted by Gasteiger charge is 2.34. The highest BCUT2D eigenvalue weighted by atomic mass is 16.2. The summed E-state index contributed by atoms with van der Waals surface area (Å²) in [5.74, 6) is -1.20. The first kappa shape index (κ1) is 13.4. The van der Waals surface area contributed by atoms with E-state index in [1.165, 1.54) is 4.90 Å². The molecule has 1 unspecified atom stereocenters. The summed E-state index contributed by atoms with van der Waals surface area (Å²) < 4.78 is 1.86. The van der Waals surface area contributed by atoms with Crippen molar-refractivity contribution in [3.8, 4) is 0 Å². The second-order valence-corrected chi connectivity index (χ2v) is 5.19. The van der Waals surface area contributed by atoms with Crippen LogP contribution in [0, 0.1) is 0 Å². The lowest BCUT2D eigenvalue weighted by Gasteiger charge is -2.31. The van der Waals surface area contributed by atoms with Crippen molar-refractivity contribution in [3.05, 3.63) is 36.0 Å². The minimum atomic E-state index is -0.658. The number of carbonyl (C=O) groups excluding carboxylic acids is 3. The van der Waals surface area contributed by atoms with Crippen molar-refractivity contribution < 1.29 is 14.4 Å². The fourth-order valence-electron chi connectivity index (χ4n) is 2.63. The molecule has 2 aromatic rings. The second-order valence-electron chi connectivity index (χ2n) is 5.19. The van der Waals surface area contributed by atoms with Gasteiger partial charge in [0.2, 0.25) is 11.8 Å². The zero-order valence-electron chi connectivity index (χ0n) is 11.8. The standard InChI is InChI=1S/C15H15N3O3/c1-9-14(20)16-13(19)8-18(9)15(21)11-7-17(2)12-6-4-3-5-10(11)12/h3-7,9H,8H2,1-2H3,(H,16,19,20). The van der Waals surface area contributed by atoms with E-state index in [1.54, 1.807) is 13.1 Å². The number of rotatable bonds is 1. The van der Waals surface area contributed by atoms with Crippen molar-refractivity contribution in [1.82, 2.24) is 14.8 Å². The summed E-state index contributed by atoms with van der Waals surface area (Å²) >= 11 is 0. The molecule has 1 fully saturated rings. The van der Waals surface area contributed by atoms with Crippen molar-refractivity contribution in [2.24, 2.45) is 7.05 Å². The SMILES string of the molecule is CC1C(=O)NC(=O)CN1C(=O)c1cn(C)c2ccccc12. The highest BCUT2D eigenvalue weighted by molar-refractivity contribution is 6.11. The van der Waals surface area contributed by atoms with E-state index >= 15 is 0 Å². The van der Waals surface area contributed by atoms with Gasteiger partial charge >= 0.3 is 0 Å². The third-order valence-electron chi connectivity index (χ3n) is 3.81. The molecule has 6 nitrogen and oxygen atoms in total. The normalized spacial score (nSPS) is 19.0. The van der Waals surface area contributed by atoms with E-state index < -0.39 is 17.9 Å². The summed E-state index contributed by atoms with van der Waals surface area (Å²) in [6.07, 6.45) is 1.73. The first-order chi connectivity index (χ1) is 9.99. The molecule has 3 amide bonds. The molecule has 3 rings (SSSR count). The molecule has 1 aliphatic heterocycles. The van der Waals surface area contributed by atoms with Crippen LogP contribution in [0.2, 0.25) is 0 Å². The summed E-state index contributed by atoms with van der Waals surface area (Å²) in [5, 5.41) is 3.05. The lowest BCUT2D eigenvalue weighted by atomic mass is 10.1. The molecule has 0 aliphatic carbocycles. The number of carbonyl (C=O) groups is 3. The number of piperazine rings is 1. The Bertz CT molecular complexity index is 763. The summed E-state index contributed by atoms with van der Waals surface area (Å²) in [6, 6.07) is 6.88. The fraction of sp³-hybridized carbons (Fsp3) is 0.267. The fourth-order valence-corrected chi connectivity index (χ4v) is 2.63. The average molecular weight is 285 g/mol. The van der Waals surface area contributed by atoms with Crippen molar-refractivity contribution in [3.63, 3.8) is 0 Å². The van der Waals surface area contributed by atoms with Gasteiger partial charge in [-0.25, -0.2) is 0 Å². The molecule has 1 aromatic heterocycles. The number of nitrogens with zero attached hydrogens (tertiary/aromatic N) is 2. The van der Waals surface area contributed by atoms with Crippen LogP contribution in [0.1, 0.15) is 17.3 Å². The van der Waals surface area contributed by atoms with Gasteiger partial charge in [0, 0.05) is 24.1 Å². The van der Waals surface area contributed by atoms with E-state index in [2.05, 4.69) is 5.32 Å². The van der Waals surface area contributed by atoms with E-state index in [0.29, 0.717) is 5.56 Å². The molecule has 1 saturated heterocycles. The van der Waals surface area contributed by atoms with Gasteiger partial charge in [0.05, 0.1) is 5.56 Å². The molecule has 21 heavy (non-hydrogen) atoms. The Kier molecular flexibility index (Phi) is 3.01. The van der Waals surface area contributed by atoms with Crippen LogP contribution >= 0.6 is 0 Å². The predicted octanol–water partition coefficient (Wildman–Crippen LogP) is 0.665. The number of hydrogen-bond acceptors (Lipinski definition) is 3. The van der Waals surface area contributed by atoms with E-state index in [1.807, 2.05) is 35.9 Å². The van der Waals surface area contributed by atoms with Gasteiger partial charge < -0.3 is 9.47 Å². The van der Waals surface area contributed by atoms with Crippen LogP contribution in [0.5, 0.6) is 0 Å². The zero-order valence-corrected chi connectivity index (χ0v) is 11.8. The molecule has 2 heterocycles. The van der Waals surface area contributed by atoms with Crippen LogP contribution in [-0.2, 0) is 16.6 Å². The molecule has 0 spiro atoms. The minimum Gasteiger partial charge on any atom is -0.350 e. The second kappa shape index (κ2) is 4.73. The maximum Gasteiger partial charge on any atom is 0.257 e. The maximum atomic E-state index is 12.7. The van der Waals surface area contributed by atoms with Crippen molar-refractivity contribution >= 4 is 28.6 Å². The smallest absolute Gasteiger partial charge is 0.257 e. The van der Waals surface area contributed by atoms with E-state index in [-0.39, 0.29) is 12.5 Å². The Hall–Kier alpha value is -2.63. The summed E-state index contributed by atoms with van der Waals surface area (Å²) in [6.45, 7) is 1.51. The van der Waals surface area contributed by atoms with Crippen LogP contribution in [0.4, 0.5) is 0 Å². The van der Waals surface area contributed by atoms with Gasteiger partial charge in [-0.2, -0.15) is 0 Å². The van der Waals surface area contributed by atoms with Gasteiger partial charge in [-0.05, 0) is 13.0 Å². The molecular formula is C15H15N3O3. The first-order valence-electron chi connectivity index (χ1n) is 6.68. The topological polar surface area (TPSA) is 71.4 Å². The molecule has 6 heteroatoms. The minimum absolute atomic E-state index is 0.102. The number of nitrogens with one attached hydrogen (secondary N) is 1. The third kappa shape index (κ3) is 2.08. The van der Waals surface area contributed by atoms with Gasteiger partial charge in [-0.15, -0.1) is 0 Å². The lowest BCUT2D eigenvalue weighted by Crippen LogP contribution is -2.58. The monoisotopic (exact) mass is 285 g/mol. The number of aryl methyl sites for hydroxylation is 1. The lowest BCUT2D eigenvalue weighted by molar-refractivity contribution is -0.138. The number of aromatic nitrogens is 1. The van der Waals surface area contributed by atoms with Crippen LogP contribution in [0.3, 0.4) is 0 Å². The van der Waals surface area contributed by atoms with Gasteiger partial charge in [-0.1, -0.05) is 18.2 Å². The quantitative estimate of drug-likeness (QED) is 0.783. The molecule has 1 aromatic carbocycles. The number of para-hydroxylation sites is 1. The zero-order chi connectivity index (χ0) is 15.1. The van der Waals surface area contributed by atoms with Crippen LogP contribution < -0.4 is 5.32 Å². The summed E-state index contributed by atoms with van der Waals surface area (Å²) in [7, 11) is 1.86. The van der Waals surface area contributed by atoms with E-state index in [0.717, 1.165) is 10.9 Å². The first-order valence-corrected chi connectivity index (χ1v) is 6.68. The van der Waals surface area contributed by atoms with Crippen LogP contribution in [-0.4, -0.2) is 39.8 Å². The van der Waals surface area contributed by atoms with Crippen LogP contribution in [0.25, 0.3) is 10.9 Å². The molecule has 1 atom stereocenters. The molecule has 1 N–H and O–H groups in total. The molecule has 0 saturated carbocycles. The van der Waals surface area contributed by atoms with Gasteiger partial charge in [-0.3, -0.25) is 19.7 Å².